The summed E-state index contributed by atoms with van der Waals surface area (Å²) in [5.74, 6) is -5.18. The van der Waals surface area contributed by atoms with Crippen LogP contribution in [0.15, 0.2) is 60.8 Å². The fourth-order valence-corrected chi connectivity index (χ4v) is 9.82. The van der Waals surface area contributed by atoms with Crippen LogP contribution in [0.3, 0.4) is 0 Å². The number of rotatable bonds is 31. The highest BCUT2D eigenvalue weighted by Gasteiger charge is 2.37. The van der Waals surface area contributed by atoms with Crippen LogP contribution in [0.5, 0.6) is 0 Å². The minimum Gasteiger partial charge on any atom is -0.481 e. The van der Waals surface area contributed by atoms with Gasteiger partial charge in [-0.05, 0) is 46.8 Å². The lowest BCUT2D eigenvalue weighted by atomic mass is 10.2. The topological polar surface area (TPSA) is 930 Å². The van der Waals surface area contributed by atoms with Gasteiger partial charge in [-0.15, -0.1) is 194 Å². The van der Waals surface area contributed by atoms with Gasteiger partial charge in [-0.25, -0.2) is 19.2 Å². The number of hydrogen-bond donors (Lipinski definition) is 4. The van der Waals surface area contributed by atoms with Crippen molar-refractivity contribution in [2.75, 3.05) is 19.8 Å². The van der Waals surface area contributed by atoms with E-state index in [1.54, 1.807) is 39.8 Å². The van der Waals surface area contributed by atoms with Crippen molar-refractivity contribution in [2.45, 2.75) is 174 Å². The first-order valence-corrected chi connectivity index (χ1v) is 40.8. The molecule has 139 heavy (non-hydrogen) atoms. The lowest BCUT2D eigenvalue weighted by molar-refractivity contribution is -0.197. The molecule has 4 aliphatic rings. The second-order valence-electron chi connectivity index (χ2n) is 26.2. The normalized spacial score (nSPS) is 12.6. The fourth-order valence-electron chi connectivity index (χ4n) is 8.91. The zero-order valence-electron chi connectivity index (χ0n) is 73.0. The molecule has 1 aromatic carbocycles. The molecule has 732 valence electrons. The van der Waals surface area contributed by atoms with E-state index in [1.807, 2.05) is 6.92 Å². The summed E-state index contributed by atoms with van der Waals surface area (Å²) in [6.07, 6.45) is 4.93. The Hall–Kier alpha value is -18.5. The Morgan fingerprint density at radius 3 is 0.777 bits per heavy atom. The van der Waals surface area contributed by atoms with Crippen molar-refractivity contribution < 1.29 is 139 Å². The van der Waals surface area contributed by atoms with Gasteiger partial charge in [-0.2, -0.15) is 8.42 Å². The summed E-state index contributed by atoms with van der Waals surface area (Å²) in [5.41, 5.74) is 0.980. The average molecular weight is 1960 g/mol. The molecular weight excluding hydrogens is 1890 g/mol. The van der Waals surface area contributed by atoms with Crippen molar-refractivity contribution >= 4 is 106 Å². The van der Waals surface area contributed by atoms with Gasteiger partial charge in [0, 0.05) is 96.3 Å². The van der Waals surface area contributed by atoms with E-state index in [1.165, 1.54) is 37.4 Å². The predicted octanol–water partition coefficient (Wildman–Crippen LogP) is -6.22. The summed E-state index contributed by atoms with van der Waals surface area (Å²) in [5, 5.41) is 164. The van der Waals surface area contributed by atoms with Gasteiger partial charge in [0.1, 0.15) is 26.1 Å². The van der Waals surface area contributed by atoms with Gasteiger partial charge >= 0.3 is 48.1 Å². The number of hydroxylamine groups is 8. The average Bonchev–Trinajstić information content (AvgIpc) is 1.80. The van der Waals surface area contributed by atoms with Crippen LogP contribution in [0.4, 0.5) is 9.59 Å². The van der Waals surface area contributed by atoms with E-state index in [4.69, 9.17) is 29.3 Å². The molecule has 4 saturated heterocycles. The van der Waals surface area contributed by atoms with Crippen LogP contribution in [0, 0.1) is 34.6 Å². The van der Waals surface area contributed by atoms with Crippen LogP contribution in [0.1, 0.15) is 158 Å². The number of carbonyl (C=O) groups is 16. The number of aryl methyl sites for hydroxylation is 9. The fraction of sp³-hybridized carbons (Fsp3) is 0.420. The van der Waals surface area contributed by atoms with Crippen LogP contribution < -0.4 is 0 Å². The molecule has 4 aliphatic heterocycles. The zero-order chi connectivity index (χ0) is 101. The second-order valence-corrected chi connectivity index (χ2v) is 27.8. The van der Waals surface area contributed by atoms with Crippen LogP contribution in [-0.2, 0) is 168 Å². The van der Waals surface area contributed by atoms with Gasteiger partial charge in [0.15, 0.2) is 107 Å². The van der Waals surface area contributed by atoms with Crippen molar-refractivity contribution in [3.05, 3.63) is 137 Å². The van der Waals surface area contributed by atoms with E-state index < -0.39 is 106 Å². The molecular formula is C69H76N40O29S. The van der Waals surface area contributed by atoms with Gasteiger partial charge in [0.2, 0.25) is 0 Å². The molecule has 0 aliphatic carbocycles. The number of amides is 8. The number of benzene rings is 1. The summed E-state index contributed by atoms with van der Waals surface area (Å²) in [6, 6.07) is 6.44. The molecule has 0 unspecified atom stereocenters. The Morgan fingerprint density at radius 2 is 0.504 bits per heavy atom. The van der Waals surface area contributed by atoms with Gasteiger partial charge in [0.25, 0.3) is 57.4 Å². The number of ether oxygens (including phenoxy) is 2. The van der Waals surface area contributed by atoms with Crippen LogP contribution >= 0.6 is 0 Å². The predicted molar refractivity (Wildman–Crippen MR) is 426 cm³/mol. The van der Waals surface area contributed by atoms with E-state index >= 15 is 0 Å². The highest BCUT2D eigenvalue weighted by Crippen LogP contribution is 2.18. The number of carboxylic acids is 4. The maximum Gasteiger partial charge on any atom is 0.533 e. The standard InChI is InChI=1S/C11H12N4O3S.C10H11N5O5.C10H11N5O4.C9H9N5O5.C9H9N5O4.C6H8N4O2.2C5H6N4O2.C4H4N4O2/c1-9-2-4-10(5-3-9)19(16,17)18-7-6-11-14-12-8-13-15-11;1-6-11-13-7(14-12-6)4-5-19-10(18)20-15-8(16)2-3-9(15)17;1-6-11-13-7(14-12-6)2-5-10(18)19-15-8(16)3-4-9(15)17;15-7-1-2-8(16)14(7)19-9(17)18-4-3-6-12-10-5-11-13-6;15-7-2-3-8(16)14(7)18-9(17)4-1-6-12-10-5-11-13-6;1-4-7-9-5(10-8-4)2-3-6(11)12;1-3-6-8-4(9-7-3)2-5(10)11;10-5(11)2-1-4-8-6-3-7-9-4;9-4(10)1-3-7-5-2-6-8-3/h2-5,8H,6-7H2,1H3;2-5H2,1H3;2-5H2,1H3;5H,1-4H2;5H,1-4H2;2-3H2,1H3,(H,11,12);2H2,1H3,(H,10,11);3H,1-2H2,(H,10,11);2H,1H2,(H,9,10). The van der Waals surface area contributed by atoms with Crippen molar-refractivity contribution in [1.29, 1.82) is 0 Å². The Bertz CT molecular complexity index is 5800. The maximum absolute atomic E-state index is 11.8. The third-order valence-corrected chi connectivity index (χ3v) is 16.6. The van der Waals surface area contributed by atoms with E-state index in [0.29, 0.717) is 78.5 Å². The van der Waals surface area contributed by atoms with Gasteiger partial charge < -0.3 is 39.6 Å². The minimum atomic E-state index is -3.74. The maximum atomic E-state index is 11.8. The third kappa shape index (κ3) is 44.5. The molecule has 0 bridgehead atoms. The molecule has 9 aromatic heterocycles. The number of hydrogen-bond acceptors (Lipinski definition) is 61. The number of carboxylic acid groups (broad SMARTS) is 4. The van der Waals surface area contributed by atoms with E-state index in [-0.39, 0.29) is 177 Å². The summed E-state index contributed by atoms with van der Waals surface area (Å²) in [4.78, 5) is 194. The molecule has 4 fully saturated rings. The lowest BCUT2D eigenvalue weighted by Gasteiger charge is -2.11. The van der Waals surface area contributed by atoms with Crippen molar-refractivity contribution in [1.82, 2.24) is 204 Å². The van der Waals surface area contributed by atoms with Crippen LogP contribution in [0.25, 0.3) is 0 Å². The molecule has 10 aromatic rings. The SMILES string of the molecule is Cc1ccc(S(=O)(=O)OCCc2nncnn2)cc1.Cc1nnc(CC(=O)O)nn1.Cc1nnc(CCC(=O)O)nn1.Cc1nnc(CCC(=O)ON2C(=O)CCC2=O)nn1.Cc1nnc(CCOC(=O)ON2C(=O)CCC2=O)nn1.O=C(CCc1nncnn1)ON1C(=O)CCC1=O.O=C(O)CCc1nncnn1.O=C(O)Cc1nncnn1.O=C(OCCc1nncnn1)ON1C(=O)CCC1=O. The zero-order valence-corrected chi connectivity index (χ0v) is 73.8. The van der Waals surface area contributed by atoms with Crippen LogP contribution in [0.2, 0.25) is 0 Å². The van der Waals surface area contributed by atoms with Crippen molar-refractivity contribution in [3.63, 3.8) is 0 Å². The lowest BCUT2D eigenvalue weighted by Crippen LogP contribution is -2.32. The molecule has 13 heterocycles. The molecule has 0 saturated carbocycles. The van der Waals surface area contributed by atoms with Crippen molar-refractivity contribution in [2.24, 2.45) is 0 Å². The quantitative estimate of drug-likeness (QED) is 0.0178. The molecule has 8 amide bonds. The van der Waals surface area contributed by atoms with Crippen LogP contribution in [-0.4, -0.2) is 348 Å². The Balaban J connectivity index is 0.000000242. The van der Waals surface area contributed by atoms with Gasteiger partial charge in [0.05, 0.1) is 37.2 Å². The van der Waals surface area contributed by atoms with Gasteiger partial charge in [-0.1, -0.05) is 27.8 Å². The number of aromatic nitrogens is 36. The van der Waals surface area contributed by atoms with Gasteiger partial charge in [-0.3, -0.25) is 71.4 Å². The summed E-state index contributed by atoms with van der Waals surface area (Å²) < 4.78 is 37.9. The summed E-state index contributed by atoms with van der Waals surface area (Å²) >= 11 is 0. The molecule has 70 heteroatoms. The molecule has 0 atom stereocenters. The largest absolute Gasteiger partial charge is 0.533 e. The van der Waals surface area contributed by atoms with E-state index in [2.05, 4.69) is 208 Å². The summed E-state index contributed by atoms with van der Waals surface area (Å²) in [6.45, 7) is 8.24. The minimum absolute atomic E-state index is 0.00637. The first-order chi connectivity index (χ1) is 66.5. The number of imide groups is 4. The number of aliphatic carboxylic acids is 4. The molecule has 4 N–H and O–H groups in total. The second kappa shape index (κ2) is 59.1. The Labute approximate surface area is 776 Å². The third-order valence-electron chi connectivity index (χ3n) is 15.3. The first kappa shape index (κ1) is 109. The highest BCUT2D eigenvalue weighted by molar-refractivity contribution is 7.86. The van der Waals surface area contributed by atoms with E-state index in [9.17, 15) is 85.1 Å². The number of nitrogens with zero attached hydrogens (tertiary/aromatic N) is 40. The van der Waals surface area contributed by atoms with Crippen molar-refractivity contribution in [3.8, 4) is 0 Å². The molecule has 69 nitrogen and oxygen atoms in total. The van der Waals surface area contributed by atoms with E-state index in [0.717, 1.165) is 11.9 Å². The smallest absolute Gasteiger partial charge is 0.481 e. The Morgan fingerprint density at radius 1 is 0.281 bits per heavy atom. The highest BCUT2D eigenvalue weighted by atomic mass is 32.2. The monoisotopic (exact) mass is 1960 g/mol. The number of carbonyl (C=O) groups excluding carboxylic acids is 12. The Kier molecular flexibility index (Phi) is 46.5. The summed E-state index contributed by atoms with van der Waals surface area (Å²) in [7, 11) is -3.74. The molecule has 0 spiro atoms. The molecule has 14 rings (SSSR count). The first-order valence-electron chi connectivity index (χ1n) is 39.4. The molecule has 0 radical (unpaired) electrons.